The minimum Gasteiger partial charge on any atom is -0.465 e. The van der Waals surface area contributed by atoms with E-state index in [1.807, 2.05) is 4.90 Å². The molecule has 2 N–H and O–H groups in total. The van der Waals surface area contributed by atoms with Gasteiger partial charge in [-0.25, -0.2) is 4.79 Å². The van der Waals surface area contributed by atoms with Gasteiger partial charge in [0.05, 0.1) is 37.6 Å². The molecule has 0 heterocycles. The standard InChI is InChI=1S/C34H65NO9/c1-5-9-13-18-31(19-14-10-6-2)33(39)43-27-29(26-42-32(38)30(16-11-7-3)17-12-8-4)28-44-34(40)41-25-15-20-35(21-23-36)22-24-37/h29-31,36-37H,5-28H2,1-4H3. The third-order valence-electron chi connectivity index (χ3n) is 7.82. The van der Waals surface area contributed by atoms with E-state index in [0.717, 1.165) is 89.9 Å². The van der Waals surface area contributed by atoms with Gasteiger partial charge in [0.1, 0.15) is 19.8 Å². The molecule has 0 fully saturated rings. The minimum absolute atomic E-state index is 0.0106. The zero-order valence-corrected chi connectivity index (χ0v) is 28.4. The lowest BCUT2D eigenvalue weighted by Crippen LogP contribution is -2.31. The molecule has 1 atom stereocenters. The van der Waals surface area contributed by atoms with Gasteiger partial charge in [-0.05, 0) is 32.1 Å². The molecule has 0 aromatic carbocycles. The molecule has 0 radical (unpaired) electrons. The van der Waals surface area contributed by atoms with E-state index in [-0.39, 0.29) is 63.4 Å². The molecule has 44 heavy (non-hydrogen) atoms. The Bertz CT molecular complexity index is 682. The first-order valence-electron chi connectivity index (χ1n) is 17.4. The minimum atomic E-state index is -0.843. The number of aliphatic hydroxyl groups excluding tert-OH is 2. The van der Waals surface area contributed by atoms with Crippen molar-refractivity contribution < 1.29 is 43.5 Å². The number of esters is 2. The molecule has 0 aromatic heterocycles. The van der Waals surface area contributed by atoms with Crippen molar-refractivity contribution in [1.82, 2.24) is 4.90 Å². The van der Waals surface area contributed by atoms with Crippen LogP contribution in [0, 0.1) is 17.8 Å². The number of aliphatic hydroxyl groups is 2. The van der Waals surface area contributed by atoms with Gasteiger partial charge in [0.15, 0.2) is 0 Å². The van der Waals surface area contributed by atoms with E-state index in [9.17, 15) is 14.4 Å². The molecule has 0 aliphatic carbocycles. The van der Waals surface area contributed by atoms with Crippen molar-refractivity contribution in [2.24, 2.45) is 17.8 Å². The number of nitrogens with zero attached hydrogens (tertiary/aromatic N) is 1. The normalized spacial score (nSPS) is 12.1. The van der Waals surface area contributed by atoms with Crippen molar-refractivity contribution in [3.05, 3.63) is 0 Å². The van der Waals surface area contributed by atoms with Gasteiger partial charge in [0, 0.05) is 19.6 Å². The first-order valence-corrected chi connectivity index (χ1v) is 17.4. The van der Waals surface area contributed by atoms with Gasteiger partial charge in [-0.3, -0.25) is 14.5 Å². The third-order valence-corrected chi connectivity index (χ3v) is 7.82. The molecule has 0 spiro atoms. The van der Waals surface area contributed by atoms with Crippen LogP contribution in [0.1, 0.15) is 124 Å². The predicted octanol–water partition coefficient (Wildman–Crippen LogP) is 6.29. The fourth-order valence-electron chi connectivity index (χ4n) is 5.01. The van der Waals surface area contributed by atoms with Crippen LogP contribution in [0.2, 0.25) is 0 Å². The summed E-state index contributed by atoms with van der Waals surface area (Å²) in [7, 11) is 0. The lowest BCUT2D eigenvalue weighted by atomic mass is 9.95. The smallest absolute Gasteiger partial charge is 0.465 e. The second kappa shape index (κ2) is 29.8. The maximum Gasteiger partial charge on any atom is 0.508 e. The second-order valence-corrected chi connectivity index (χ2v) is 11.8. The molecule has 0 aliphatic heterocycles. The summed E-state index contributed by atoms with van der Waals surface area (Å²) in [6.07, 6.45) is 13.0. The molecule has 10 heteroatoms. The molecule has 0 saturated heterocycles. The molecule has 0 aromatic rings. The Balaban J connectivity index is 5.17. The summed E-state index contributed by atoms with van der Waals surface area (Å²) in [5, 5.41) is 18.3. The van der Waals surface area contributed by atoms with Crippen molar-refractivity contribution in [3.63, 3.8) is 0 Å². The maximum atomic E-state index is 13.1. The molecule has 10 nitrogen and oxygen atoms in total. The van der Waals surface area contributed by atoms with E-state index in [0.29, 0.717) is 26.1 Å². The van der Waals surface area contributed by atoms with Crippen molar-refractivity contribution in [2.75, 3.05) is 59.3 Å². The van der Waals surface area contributed by atoms with Crippen LogP contribution in [0.25, 0.3) is 0 Å². The fourth-order valence-corrected chi connectivity index (χ4v) is 5.01. The van der Waals surface area contributed by atoms with Crippen LogP contribution >= 0.6 is 0 Å². The van der Waals surface area contributed by atoms with Crippen molar-refractivity contribution in [2.45, 2.75) is 124 Å². The Morgan fingerprint density at radius 2 is 0.977 bits per heavy atom. The van der Waals surface area contributed by atoms with Crippen molar-refractivity contribution >= 4 is 18.1 Å². The average Bonchev–Trinajstić information content (AvgIpc) is 3.02. The van der Waals surface area contributed by atoms with E-state index < -0.39 is 12.1 Å². The molecule has 0 amide bonds. The first-order chi connectivity index (χ1) is 21.4. The van der Waals surface area contributed by atoms with Crippen LogP contribution in [0.15, 0.2) is 0 Å². The van der Waals surface area contributed by atoms with Gasteiger partial charge in [-0.15, -0.1) is 0 Å². The van der Waals surface area contributed by atoms with Crippen LogP contribution in [0.3, 0.4) is 0 Å². The lowest BCUT2D eigenvalue weighted by Gasteiger charge is -2.22. The van der Waals surface area contributed by atoms with Crippen LogP contribution in [0.4, 0.5) is 4.79 Å². The zero-order chi connectivity index (χ0) is 32.8. The predicted molar refractivity (Wildman–Crippen MR) is 172 cm³/mol. The second-order valence-electron chi connectivity index (χ2n) is 11.8. The van der Waals surface area contributed by atoms with E-state index in [1.54, 1.807) is 0 Å². The summed E-state index contributed by atoms with van der Waals surface area (Å²) < 4.78 is 22.0. The Hall–Kier alpha value is -1.91. The first kappa shape index (κ1) is 42.1. The van der Waals surface area contributed by atoms with Gasteiger partial charge in [0.25, 0.3) is 0 Å². The van der Waals surface area contributed by atoms with Crippen molar-refractivity contribution in [1.29, 1.82) is 0 Å². The van der Waals surface area contributed by atoms with Crippen LogP contribution in [-0.2, 0) is 28.5 Å². The molecule has 0 saturated carbocycles. The van der Waals surface area contributed by atoms with Gasteiger partial charge in [0.2, 0.25) is 0 Å². The van der Waals surface area contributed by atoms with Gasteiger partial charge in [-0.1, -0.05) is 91.9 Å². The van der Waals surface area contributed by atoms with E-state index >= 15 is 0 Å². The molecule has 260 valence electrons. The maximum absolute atomic E-state index is 13.1. The Labute approximate surface area is 267 Å². The number of carbonyl (C=O) groups is 3. The van der Waals surface area contributed by atoms with Gasteiger partial charge >= 0.3 is 18.1 Å². The number of carbonyl (C=O) groups excluding carboxylic acids is 3. The quantitative estimate of drug-likeness (QED) is 0.0529. The molecule has 1 unspecified atom stereocenters. The number of hydrogen-bond donors (Lipinski definition) is 2. The number of ether oxygens (including phenoxy) is 4. The molecular formula is C34H65NO9. The van der Waals surface area contributed by atoms with E-state index in [1.165, 1.54) is 0 Å². The van der Waals surface area contributed by atoms with Gasteiger partial charge in [-0.2, -0.15) is 0 Å². The number of rotatable bonds is 30. The molecule has 0 rings (SSSR count). The highest BCUT2D eigenvalue weighted by atomic mass is 16.7. The number of hydrogen-bond acceptors (Lipinski definition) is 10. The average molecular weight is 632 g/mol. The Kier molecular flexibility index (Phi) is 28.5. The fraction of sp³-hybridized carbons (Fsp3) is 0.912. The summed E-state index contributed by atoms with van der Waals surface area (Å²) in [5.74, 6) is -1.33. The zero-order valence-electron chi connectivity index (χ0n) is 28.4. The highest BCUT2D eigenvalue weighted by Crippen LogP contribution is 2.21. The monoisotopic (exact) mass is 631 g/mol. The molecule has 0 bridgehead atoms. The molecular weight excluding hydrogens is 566 g/mol. The van der Waals surface area contributed by atoms with Crippen LogP contribution < -0.4 is 0 Å². The van der Waals surface area contributed by atoms with E-state index in [4.69, 9.17) is 29.2 Å². The van der Waals surface area contributed by atoms with E-state index in [2.05, 4.69) is 27.7 Å². The number of unbranched alkanes of at least 4 members (excludes halogenated alkanes) is 6. The lowest BCUT2D eigenvalue weighted by molar-refractivity contribution is -0.155. The third kappa shape index (κ3) is 22.6. The largest absolute Gasteiger partial charge is 0.508 e. The summed E-state index contributed by atoms with van der Waals surface area (Å²) >= 11 is 0. The Morgan fingerprint density at radius 3 is 1.41 bits per heavy atom. The van der Waals surface area contributed by atoms with Crippen LogP contribution in [-0.4, -0.2) is 92.5 Å². The van der Waals surface area contributed by atoms with Gasteiger partial charge < -0.3 is 29.2 Å². The summed E-state index contributed by atoms with van der Waals surface area (Å²) in [4.78, 5) is 40.2. The highest BCUT2D eigenvalue weighted by molar-refractivity contribution is 5.73. The summed E-state index contributed by atoms with van der Waals surface area (Å²) in [6, 6.07) is 0. The highest BCUT2D eigenvalue weighted by Gasteiger charge is 2.25. The summed E-state index contributed by atoms with van der Waals surface area (Å²) in [6.45, 7) is 9.84. The summed E-state index contributed by atoms with van der Waals surface area (Å²) in [5.41, 5.74) is 0. The SMILES string of the molecule is CCCCCC(CCCCC)C(=O)OCC(COC(=O)OCCCN(CCO)CCO)COC(=O)C(CCCC)CCCC. The van der Waals surface area contributed by atoms with Crippen LogP contribution in [0.5, 0.6) is 0 Å². The van der Waals surface area contributed by atoms with Crippen molar-refractivity contribution in [3.8, 4) is 0 Å². The molecule has 0 aliphatic rings. The Morgan fingerprint density at radius 1 is 0.545 bits per heavy atom. The topological polar surface area (TPSA) is 132 Å².